The zero-order chi connectivity index (χ0) is 9.72. The molecule has 1 N–H and O–H groups in total. The Kier molecular flexibility index (Phi) is 4.18. The Morgan fingerprint density at radius 2 is 1.75 bits per heavy atom. The molecule has 0 fully saturated rings. The van der Waals surface area contributed by atoms with Crippen molar-refractivity contribution in [3.63, 3.8) is 0 Å². The van der Waals surface area contributed by atoms with Gasteiger partial charge in [0.2, 0.25) is 11.8 Å². The number of amides is 2. The minimum absolute atomic E-state index is 0.131. The summed E-state index contributed by atoms with van der Waals surface area (Å²) in [4.78, 5) is 25.2. The second-order valence-corrected chi connectivity index (χ2v) is 2.87. The first kappa shape index (κ1) is 10.8. The molecule has 0 spiro atoms. The number of nitrogens with zero attached hydrogens (tertiary/aromatic N) is 1. The second kappa shape index (κ2) is 4.64. The molecule has 0 unspecified atom stereocenters. The van der Waals surface area contributed by atoms with Crippen LogP contribution >= 0.6 is 0 Å². The van der Waals surface area contributed by atoms with Gasteiger partial charge in [-0.3, -0.25) is 9.59 Å². The highest BCUT2D eigenvalue weighted by Gasteiger charge is 2.05. The van der Waals surface area contributed by atoms with Crippen molar-refractivity contribution in [2.45, 2.75) is 27.7 Å². The Hall–Kier alpha value is -1.19. The summed E-state index contributed by atoms with van der Waals surface area (Å²) in [7, 11) is 0. The predicted octanol–water partition coefficient (Wildman–Crippen LogP) is 0.723. The molecular weight excluding hydrogens is 156 g/mol. The van der Waals surface area contributed by atoms with Gasteiger partial charge < -0.3 is 5.32 Å². The number of aliphatic imine (C=N–C) groups is 1. The lowest BCUT2D eigenvalue weighted by Gasteiger charge is -2.01. The van der Waals surface area contributed by atoms with Crippen molar-refractivity contribution in [3.05, 3.63) is 0 Å². The highest BCUT2D eigenvalue weighted by molar-refractivity contribution is 6.01. The van der Waals surface area contributed by atoms with Crippen LogP contribution in [0.4, 0.5) is 0 Å². The predicted molar refractivity (Wildman–Crippen MR) is 46.8 cm³/mol. The number of rotatable bonds is 1. The quantitative estimate of drug-likeness (QED) is 0.465. The van der Waals surface area contributed by atoms with Crippen molar-refractivity contribution in [3.8, 4) is 0 Å². The lowest BCUT2D eigenvalue weighted by Crippen LogP contribution is -2.26. The summed E-state index contributed by atoms with van der Waals surface area (Å²) in [5, 5.41) is 2.42. The van der Waals surface area contributed by atoms with Crippen LogP contribution in [0.15, 0.2) is 4.99 Å². The first-order valence-electron chi connectivity index (χ1n) is 3.80. The van der Waals surface area contributed by atoms with E-state index in [1.165, 1.54) is 6.92 Å². The number of carbonyl (C=O) groups excluding carboxylic acids is 2. The highest BCUT2D eigenvalue weighted by Crippen LogP contribution is 1.94. The summed E-state index contributed by atoms with van der Waals surface area (Å²) in [5.41, 5.74) is 0. The first-order chi connectivity index (χ1) is 5.43. The molecule has 0 aromatic heterocycles. The van der Waals surface area contributed by atoms with Gasteiger partial charge in [0.1, 0.15) is 5.84 Å². The molecule has 0 saturated carbocycles. The Bertz CT molecular complexity index is 219. The summed E-state index contributed by atoms with van der Waals surface area (Å²) < 4.78 is 0. The first-order valence-corrected chi connectivity index (χ1v) is 3.80. The van der Waals surface area contributed by atoms with Gasteiger partial charge in [0, 0.05) is 12.8 Å². The summed E-state index contributed by atoms with van der Waals surface area (Å²) in [5.74, 6) is -0.219. The van der Waals surface area contributed by atoms with Crippen LogP contribution in [0.2, 0.25) is 0 Å². The number of nitrogens with one attached hydrogen (secondary N) is 1. The van der Waals surface area contributed by atoms with Gasteiger partial charge in [0.05, 0.1) is 0 Å². The molecule has 4 nitrogen and oxygen atoms in total. The molecule has 2 amide bonds. The van der Waals surface area contributed by atoms with Crippen molar-refractivity contribution in [1.82, 2.24) is 5.32 Å². The van der Waals surface area contributed by atoms with E-state index < -0.39 is 0 Å². The summed E-state index contributed by atoms with van der Waals surface area (Å²) >= 11 is 0. The van der Waals surface area contributed by atoms with Crippen LogP contribution in [0, 0.1) is 5.92 Å². The Labute approximate surface area is 72.1 Å². The van der Waals surface area contributed by atoms with Crippen molar-refractivity contribution in [1.29, 1.82) is 0 Å². The van der Waals surface area contributed by atoms with Crippen molar-refractivity contribution < 1.29 is 9.59 Å². The Balaban J connectivity index is 4.16. The minimum Gasteiger partial charge on any atom is -0.315 e. The van der Waals surface area contributed by atoms with Gasteiger partial charge in [-0.1, -0.05) is 13.8 Å². The number of hydrogen-bond donors (Lipinski definition) is 1. The van der Waals surface area contributed by atoms with E-state index in [1.807, 2.05) is 0 Å². The standard InChI is InChI=1S/C8H14N2O2/c1-5(2)8(12)10-6(3)9-7(4)11/h5H,1-4H3,(H,9,10,11,12). The molecule has 0 bridgehead atoms. The normalized spacial score (nSPS) is 11.6. The molecule has 0 aromatic carbocycles. The third-order valence-electron chi connectivity index (χ3n) is 1.13. The maximum atomic E-state index is 11.0. The van der Waals surface area contributed by atoms with Gasteiger partial charge in [0.15, 0.2) is 0 Å². The van der Waals surface area contributed by atoms with Crippen LogP contribution in [0.3, 0.4) is 0 Å². The Morgan fingerprint density at radius 1 is 1.25 bits per heavy atom. The summed E-state index contributed by atoms with van der Waals surface area (Å²) in [6.07, 6.45) is 0. The van der Waals surface area contributed by atoms with Gasteiger partial charge in [-0.2, -0.15) is 0 Å². The maximum absolute atomic E-state index is 11.0. The fourth-order valence-electron chi connectivity index (χ4n) is 0.577. The highest BCUT2D eigenvalue weighted by atomic mass is 16.2. The van der Waals surface area contributed by atoms with E-state index in [2.05, 4.69) is 10.3 Å². The van der Waals surface area contributed by atoms with Crippen LogP contribution in [0.1, 0.15) is 27.7 Å². The number of carbonyl (C=O) groups is 2. The van der Waals surface area contributed by atoms with Crippen molar-refractivity contribution in [2.75, 3.05) is 0 Å². The van der Waals surface area contributed by atoms with Crippen LogP contribution in [0.25, 0.3) is 0 Å². The van der Waals surface area contributed by atoms with Gasteiger partial charge in [-0.25, -0.2) is 4.99 Å². The van der Waals surface area contributed by atoms with Gasteiger partial charge in [-0.15, -0.1) is 0 Å². The molecule has 0 aliphatic heterocycles. The van der Waals surface area contributed by atoms with Crippen LogP contribution in [0.5, 0.6) is 0 Å². The SMILES string of the molecule is CC(=O)NC(C)=NC(=O)C(C)C. The Morgan fingerprint density at radius 3 is 2.08 bits per heavy atom. The van der Waals surface area contributed by atoms with E-state index in [0.717, 1.165) is 0 Å². The fraction of sp³-hybridized carbons (Fsp3) is 0.625. The summed E-state index contributed by atoms with van der Waals surface area (Å²) in [6.45, 7) is 6.47. The molecule has 0 rings (SSSR count). The van der Waals surface area contributed by atoms with E-state index in [9.17, 15) is 9.59 Å². The minimum atomic E-state index is -0.221. The average Bonchev–Trinajstić information content (AvgIpc) is 1.84. The third-order valence-corrected chi connectivity index (χ3v) is 1.13. The molecule has 0 atom stereocenters. The smallest absolute Gasteiger partial charge is 0.249 e. The van der Waals surface area contributed by atoms with Gasteiger partial charge in [-0.05, 0) is 6.92 Å². The lowest BCUT2D eigenvalue weighted by atomic mass is 10.2. The largest absolute Gasteiger partial charge is 0.315 e. The molecule has 0 aliphatic rings. The van der Waals surface area contributed by atoms with E-state index >= 15 is 0 Å². The van der Waals surface area contributed by atoms with Crippen molar-refractivity contribution in [2.24, 2.45) is 10.9 Å². The van der Waals surface area contributed by atoms with E-state index in [0.29, 0.717) is 5.84 Å². The zero-order valence-corrected chi connectivity index (χ0v) is 7.84. The molecule has 68 valence electrons. The molecule has 0 heterocycles. The monoisotopic (exact) mass is 170 g/mol. The molecule has 0 saturated heterocycles. The molecule has 4 heteroatoms. The topological polar surface area (TPSA) is 58.5 Å². The molecular formula is C8H14N2O2. The molecule has 0 aromatic rings. The fourth-order valence-corrected chi connectivity index (χ4v) is 0.577. The molecule has 12 heavy (non-hydrogen) atoms. The van der Waals surface area contributed by atoms with Crippen LogP contribution in [-0.2, 0) is 9.59 Å². The third kappa shape index (κ3) is 4.60. The maximum Gasteiger partial charge on any atom is 0.249 e. The summed E-state index contributed by atoms with van der Waals surface area (Å²) in [6, 6.07) is 0. The molecule has 0 radical (unpaired) electrons. The van der Waals surface area contributed by atoms with Crippen LogP contribution < -0.4 is 5.32 Å². The molecule has 0 aliphatic carbocycles. The number of hydrogen-bond acceptors (Lipinski definition) is 2. The van der Waals surface area contributed by atoms with Gasteiger partial charge in [0.25, 0.3) is 0 Å². The lowest BCUT2D eigenvalue weighted by molar-refractivity contribution is -0.120. The number of amidine groups is 1. The zero-order valence-electron chi connectivity index (χ0n) is 7.84. The van der Waals surface area contributed by atoms with Crippen LogP contribution in [-0.4, -0.2) is 17.6 Å². The van der Waals surface area contributed by atoms with Crippen molar-refractivity contribution >= 4 is 17.6 Å². The average molecular weight is 170 g/mol. The van der Waals surface area contributed by atoms with E-state index in [4.69, 9.17) is 0 Å². The van der Waals surface area contributed by atoms with E-state index in [-0.39, 0.29) is 17.7 Å². The second-order valence-electron chi connectivity index (χ2n) is 2.87. The van der Waals surface area contributed by atoms with Gasteiger partial charge >= 0.3 is 0 Å². The van der Waals surface area contributed by atoms with E-state index in [1.54, 1.807) is 20.8 Å².